The summed E-state index contributed by atoms with van der Waals surface area (Å²) >= 11 is 0. The lowest BCUT2D eigenvalue weighted by atomic mass is 9.87. The van der Waals surface area contributed by atoms with Crippen LogP contribution in [0.2, 0.25) is 0 Å². The van der Waals surface area contributed by atoms with E-state index in [1.54, 1.807) is 4.68 Å². The fraction of sp³-hybridized carbons (Fsp3) is 0.643. The maximum atomic E-state index is 12.1. The molecular formula is C14H21N5O. The van der Waals surface area contributed by atoms with Gasteiger partial charge in [-0.15, -0.1) is 0 Å². The minimum atomic E-state index is -0.307. The number of aryl methyl sites for hydroxylation is 1. The van der Waals surface area contributed by atoms with E-state index in [1.165, 1.54) is 0 Å². The number of rotatable bonds is 2. The SMILES string of the molecule is Cn1cc(C2C(=N)NC(=O)N2C2CC2)c(C(C)(C)C)n1. The normalized spacial score (nSPS) is 23.4. The summed E-state index contributed by atoms with van der Waals surface area (Å²) in [6.07, 6.45) is 4.00. The lowest BCUT2D eigenvalue weighted by Gasteiger charge is -2.25. The van der Waals surface area contributed by atoms with E-state index in [0.29, 0.717) is 0 Å². The summed E-state index contributed by atoms with van der Waals surface area (Å²) in [6, 6.07) is -0.181. The van der Waals surface area contributed by atoms with Crippen LogP contribution in [0.5, 0.6) is 0 Å². The van der Waals surface area contributed by atoms with Crippen molar-refractivity contribution in [3.8, 4) is 0 Å². The van der Waals surface area contributed by atoms with Crippen molar-refractivity contribution in [3.63, 3.8) is 0 Å². The van der Waals surface area contributed by atoms with E-state index < -0.39 is 0 Å². The van der Waals surface area contributed by atoms with Crippen LogP contribution in [0.25, 0.3) is 0 Å². The first-order valence-electron chi connectivity index (χ1n) is 7.01. The zero-order chi connectivity index (χ0) is 14.7. The molecule has 2 N–H and O–H groups in total. The van der Waals surface area contributed by atoms with Crippen LogP contribution in [0.4, 0.5) is 4.79 Å². The predicted octanol–water partition coefficient (Wildman–Crippen LogP) is 1.92. The monoisotopic (exact) mass is 275 g/mol. The quantitative estimate of drug-likeness (QED) is 0.865. The molecule has 0 spiro atoms. The van der Waals surface area contributed by atoms with E-state index in [9.17, 15) is 4.79 Å². The molecule has 1 aliphatic carbocycles. The third-order valence-electron chi connectivity index (χ3n) is 3.83. The molecular weight excluding hydrogens is 254 g/mol. The van der Waals surface area contributed by atoms with Gasteiger partial charge in [-0.05, 0) is 12.8 Å². The standard InChI is InChI=1S/C14H21N5O/c1-14(2,3)11-9(7-18(4)17-11)10-12(15)16-13(20)19(10)8-5-6-8/h7-8,10H,5-6H2,1-4H3,(H2,15,16,20). The number of nitrogens with zero attached hydrogens (tertiary/aromatic N) is 3. The number of amides is 2. The Hall–Kier alpha value is -1.85. The maximum Gasteiger partial charge on any atom is 0.323 e. The van der Waals surface area contributed by atoms with Crippen molar-refractivity contribution in [2.75, 3.05) is 0 Å². The summed E-state index contributed by atoms with van der Waals surface area (Å²) in [5.74, 6) is 0.264. The molecule has 6 nitrogen and oxygen atoms in total. The number of carbonyl (C=O) groups excluding carboxylic acids is 1. The van der Waals surface area contributed by atoms with Gasteiger partial charge in [0.1, 0.15) is 11.9 Å². The molecule has 20 heavy (non-hydrogen) atoms. The van der Waals surface area contributed by atoms with Gasteiger partial charge in [-0.3, -0.25) is 15.4 Å². The van der Waals surface area contributed by atoms with Gasteiger partial charge in [0.2, 0.25) is 0 Å². The van der Waals surface area contributed by atoms with Gasteiger partial charge >= 0.3 is 6.03 Å². The van der Waals surface area contributed by atoms with E-state index in [4.69, 9.17) is 5.41 Å². The number of hydrogen-bond acceptors (Lipinski definition) is 3. The molecule has 1 atom stereocenters. The Morgan fingerprint density at radius 1 is 1.40 bits per heavy atom. The van der Waals surface area contributed by atoms with Crippen LogP contribution in [0.3, 0.4) is 0 Å². The zero-order valence-electron chi connectivity index (χ0n) is 12.4. The van der Waals surface area contributed by atoms with Gasteiger partial charge in [0.25, 0.3) is 0 Å². The highest BCUT2D eigenvalue weighted by Gasteiger charge is 2.47. The van der Waals surface area contributed by atoms with E-state index in [0.717, 1.165) is 24.1 Å². The van der Waals surface area contributed by atoms with Gasteiger partial charge in [0.15, 0.2) is 0 Å². The summed E-state index contributed by atoms with van der Waals surface area (Å²) in [5.41, 5.74) is 1.81. The lowest BCUT2D eigenvalue weighted by Crippen LogP contribution is -2.32. The molecule has 2 fully saturated rings. The molecule has 1 saturated carbocycles. The molecule has 108 valence electrons. The second kappa shape index (κ2) is 4.07. The third-order valence-corrected chi connectivity index (χ3v) is 3.83. The van der Waals surface area contributed by atoms with Crippen molar-refractivity contribution in [2.24, 2.45) is 7.05 Å². The Bertz CT molecular complexity index is 579. The fourth-order valence-electron chi connectivity index (χ4n) is 2.83. The topological polar surface area (TPSA) is 74.0 Å². The molecule has 1 saturated heterocycles. The van der Waals surface area contributed by atoms with Crippen molar-refractivity contribution in [1.82, 2.24) is 20.0 Å². The molecule has 3 rings (SSSR count). The number of hydrogen-bond donors (Lipinski definition) is 2. The van der Waals surface area contributed by atoms with Crippen molar-refractivity contribution in [1.29, 1.82) is 5.41 Å². The number of urea groups is 1. The van der Waals surface area contributed by atoms with Crippen LogP contribution < -0.4 is 5.32 Å². The summed E-state index contributed by atoms with van der Waals surface area (Å²) < 4.78 is 1.77. The summed E-state index contributed by atoms with van der Waals surface area (Å²) in [6.45, 7) is 6.32. The molecule has 1 aromatic rings. The van der Waals surface area contributed by atoms with E-state index >= 15 is 0 Å². The molecule has 0 bridgehead atoms. The average molecular weight is 275 g/mol. The third kappa shape index (κ3) is 1.99. The zero-order valence-corrected chi connectivity index (χ0v) is 12.4. The average Bonchev–Trinajstić information content (AvgIpc) is 2.99. The summed E-state index contributed by atoms with van der Waals surface area (Å²) in [7, 11) is 1.88. The van der Waals surface area contributed by atoms with Crippen LogP contribution in [0, 0.1) is 5.41 Å². The van der Waals surface area contributed by atoms with Gasteiger partial charge in [-0.1, -0.05) is 20.8 Å². The highest BCUT2D eigenvalue weighted by molar-refractivity contribution is 6.06. The number of nitrogens with one attached hydrogen (secondary N) is 2. The Morgan fingerprint density at radius 2 is 2.05 bits per heavy atom. The Morgan fingerprint density at radius 3 is 2.60 bits per heavy atom. The fourth-order valence-corrected chi connectivity index (χ4v) is 2.83. The molecule has 1 aromatic heterocycles. The lowest BCUT2D eigenvalue weighted by molar-refractivity contribution is 0.202. The Labute approximate surface area is 118 Å². The largest absolute Gasteiger partial charge is 0.323 e. The number of carbonyl (C=O) groups is 1. The van der Waals surface area contributed by atoms with Crippen molar-refractivity contribution < 1.29 is 4.79 Å². The van der Waals surface area contributed by atoms with Gasteiger partial charge in [0.05, 0.1) is 5.69 Å². The van der Waals surface area contributed by atoms with E-state index in [-0.39, 0.29) is 29.4 Å². The molecule has 0 radical (unpaired) electrons. The second-order valence-electron chi connectivity index (χ2n) is 6.74. The molecule has 2 amide bonds. The van der Waals surface area contributed by atoms with E-state index in [1.807, 2.05) is 18.1 Å². The molecule has 1 aliphatic heterocycles. The number of aromatic nitrogens is 2. The molecule has 6 heteroatoms. The summed E-state index contributed by atoms with van der Waals surface area (Å²) in [4.78, 5) is 13.9. The van der Waals surface area contributed by atoms with Gasteiger partial charge in [-0.2, -0.15) is 5.10 Å². The number of amidine groups is 1. The smallest absolute Gasteiger partial charge is 0.307 e. The summed E-state index contributed by atoms with van der Waals surface area (Å²) in [5, 5.41) is 15.3. The first-order chi connectivity index (χ1) is 9.29. The Kier molecular flexibility index (Phi) is 2.68. The van der Waals surface area contributed by atoms with Crippen molar-refractivity contribution in [3.05, 3.63) is 17.5 Å². The molecule has 2 aliphatic rings. The highest BCUT2D eigenvalue weighted by atomic mass is 16.2. The van der Waals surface area contributed by atoms with Crippen LogP contribution >= 0.6 is 0 Å². The van der Waals surface area contributed by atoms with Crippen LogP contribution in [-0.4, -0.2) is 32.6 Å². The van der Waals surface area contributed by atoms with Crippen molar-refractivity contribution in [2.45, 2.75) is 51.1 Å². The molecule has 0 aromatic carbocycles. The van der Waals surface area contributed by atoms with E-state index in [2.05, 4.69) is 31.2 Å². The molecule has 2 heterocycles. The predicted molar refractivity (Wildman–Crippen MR) is 75.8 cm³/mol. The Balaban J connectivity index is 2.07. The minimum absolute atomic E-state index is 0.113. The van der Waals surface area contributed by atoms with Gasteiger partial charge in [-0.25, -0.2) is 4.79 Å². The van der Waals surface area contributed by atoms with Crippen LogP contribution in [0.15, 0.2) is 6.20 Å². The maximum absolute atomic E-state index is 12.1. The first kappa shape index (κ1) is 13.1. The van der Waals surface area contributed by atoms with Crippen LogP contribution in [-0.2, 0) is 12.5 Å². The van der Waals surface area contributed by atoms with Gasteiger partial charge in [0, 0.05) is 30.3 Å². The second-order valence-corrected chi connectivity index (χ2v) is 6.74. The van der Waals surface area contributed by atoms with Crippen LogP contribution in [0.1, 0.15) is 50.9 Å². The van der Waals surface area contributed by atoms with Gasteiger partial charge < -0.3 is 4.90 Å². The first-order valence-corrected chi connectivity index (χ1v) is 7.01. The minimum Gasteiger partial charge on any atom is -0.307 e. The highest BCUT2D eigenvalue weighted by Crippen LogP contribution is 2.40. The molecule has 1 unspecified atom stereocenters. The van der Waals surface area contributed by atoms with Crippen molar-refractivity contribution >= 4 is 11.9 Å².